The number of carbonyl (C=O) groups is 1. The zero-order chi connectivity index (χ0) is 13.8. The number of aromatic nitrogens is 1. The fourth-order valence-corrected chi connectivity index (χ4v) is 4.03. The minimum absolute atomic E-state index is 0.0340. The van der Waals surface area contributed by atoms with Gasteiger partial charge in [0.2, 0.25) is 0 Å². The number of hydrogen-bond donors (Lipinski definition) is 1. The van der Waals surface area contributed by atoms with E-state index in [4.69, 9.17) is 10.4 Å². The molecule has 0 aliphatic rings. The molecule has 9 heteroatoms. The van der Waals surface area contributed by atoms with Gasteiger partial charge in [-0.15, -0.1) is 11.3 Å². The minimum atomic E-state index is -3.90. The summed E-state index contributed by atoms with van der Waals surface area (Å²) in [4.78, 5) is 14.4. The predicted octanol–water partition coefficient (Wildman–Crippen LogP) is 0.766. The normalized spacial score (nSPS) is 11.4. The molecule has 1 aromatic heterocycles. The summed E-state index contributed by atoms with van der Waals surface area (Å²) in [5.74, 6) is -1.38. The summed E-state index contributed by atoms with van der Waals surface area (Å²) in [7, 11) is -3.90. The van der Waals surface area contributed by atoms with Gasteiger partial charge in [0.25, 0.3) is 10.0 Å². The Morgan fingerprint density at radius 1 is 1.67 bits per heavy atom. The molecule has 0 aliphatic carbocycles. The Bertz CT molecular complexity index is 573. The first kappa shape index (κ1) is 14.6. The Hall–Kier alpha value is -1.50. The average molecular weight is 289 g/mol. The first-order valence-corrected chi connectivity index (χ1v) is 7.31. The summed E-state index contributed by atoms with van der Waals surface area (Å²) in [6.45, 7) is 1.82. The zero-order valence-electron chi connectivity index (χ0n) is 9.53. The van der Waals surface area contributed by atoms with E-state index >= 15 is 0 Å². The van der Waals surface area contributed by atoms with Crippen molar-refractivity contribution in [2.45, 2.75) is 17.6 Å². The minimum Gasteiger partial charge on any atom is -0.476 e. The first-order valence-electron chi connectivity index (χ1n) is 4.99. The molecule has 1 rings (SSSR count). The van der Waals surface area contributed by atoms with E-state index in [-0.39, 0.29) is 23.7 Å². The number of rotatable bonds is 6. The lowest BCUT2D eigenvalue weighted by molar-refractivity contribution is 0.0687. The van der Waals surface area contributed by atoms with E-state index in [1.807, 2.05) is 6.07 Å². The molecule has 0 atom stereocenters. The molecule has 0 spiro atoms. The van der Waals surface area contributed by atoms with Crippen LogP contribution >= 0.6 is 11.3 Å². The maximum Gasteiger partial charge on any atom is 0.356 e. The van der Waals surface area contributed by atoms with Crippen LogP contribution in [0.4, 0.5) is 0 Å². The van der Waals surface area contributed by atoms with E-state index in [1.54, 1.807) is 6.92 Å². The molecule has 1 N–H and O–H groups in total. The number of nitrogens with zero attached hydrogens (tertiary/aromatic N) is 3. The Kier molecular flexibility index (Phi) is 4.77. The van der Waals surface area contributed by atoms with Crippen molar-refractivity contribution in [2.24, 2.45) is 0 Å². The maximum absolute atomic E-state index is 12.2. The topological polar surface area (TPSA) is 111 Å². The van der Waals surface area contributed by atoms with Crippen LogP contribution in [0.5, 0.6) is 0 Å². The Morgan fingerprint density at radius 2 is 2.33 bits per heavy atom. The van der Waals surface area contributed by atoms with E-state index in [0.717, 1.165) is 15.6 Å². The Morgan fingerprint density at radius 3 is 2.83 bits per heavy atom. The van der Waals surface area contributed by atoms with Crippen LogP contribution in [0.1, 0.15) is 23.8 Å². The molecule has 1 heterocycles. The third-order valence-electron chi connectivity index (χ3n) is 2.14. The Balaban J connectivity index is 3.16. The van der Waals surface area contributed by atoms with Gasteiger partial charge < -0.3 is 5.11 Å². The molecule has 0 unspecified atom stereocenters. The van der Waals surface area contributed by atoms with E-state index < -0.39 is 21.7 Å². The van der Waals surface area contributed by atoms with Gasteiger partial charge in [0.05, 0.1) is 11.6 Å². The lowest BCUT2D eigenvalue weighted by Crippen LogP contribution is -2.32. The van der Waals surface area contributed by atoms with Crippen LogP contribution in [0.15, 0.2) is 9.72 Å². The molecule has 0 saturated heterocycles. The van der Waals surface area contributed by atoms with Crippen LogP contribution < -0.4 is 0 Å². The van der Waals surface area contributed by atoms with Gasteiger partial charge in [-0.25, -0.2) is 18.2 Å². The number of hydrogen-bond acceptors (Lipinski definition) is 6. The number of aromatic carboxylic acids is 1. The molecule has 0 amide bonds. The van der Waals surface area contributed by atoms with Crippen LogP contribution in [-0.4, -0.2) is 41.9 Å². The van der Waals surface area contributed by atoms with Gasteiger partial charge in [-0.3, -0.25) is 0 Å². The van der Waals surface area contributed by atoms with E-state index in [1.165, 1.54) is 5.51 Å². The van der Waals surface area contributed by atoms with Gasteiger partial charge >= 0.3 is 5.97 Å². The molecule has 0 aliphatic heterocycles. The smallest absolute Gasteiger partial charge is 0.356 e. The monoisotopic (exact) mass is 289 g/mol. The fourth-order valence-electron chi connectivity index (χ4n) is 1.30. The highest BCUT2D eigenvalue weighted by atomic mass is 32.2. The fraction of sp³-hybridized carbons (Fsp3) is 0.444. The number of carboxylic acid groups (broad SMARTS) is 1. The van der Waals surface area contributed by atoms with E-state index in [2.05, 4.69) is 4.98 Å². The maximum atomic E-state index is 12.2. The molecular weight excluding hydrogens is 278 g/mol. The van der Waals surface area contributed by atoms with Crippen molar-refractivity contribution in [3.63, 3.8) is 0 Å². The summed E-state index contributed by atoms with van der Waals surface area (Å²) < 4.78 is 25.1. The second kappa shape index (κ2) is 5.90. The third-order valence-corrected chi connectivity index (χ3v) is 5.46. The van der Waals surface area contributed by atoms with Crippen LogP contribution in [0, 0.1) is 11.3 Å². The van der Waals surface area contributed by atoms with Crippen LogP contribution in [0.25, 0.3) is 0 Å². The third kappa shape index (κ3) is 2.84. The van der Waals surface area contributed by atoms with Gasteiger partial charge in [-0.1, -0.05) is 6.92 Å². The van der Waals surface area contributed by atoms with Crippen molar-refractivity contribution >= 4 is 27.3 Å². The summed E-state index contributed by atoms with van der Waals surface area (Å²) >= 11 is 0.757. The van der Waals surface area contributed by atoms with Gasteiger partial charge in [0.1, 0.15) is 0 Å². The van der Waals surface area contributed by atoms with Gasteiger partial charge in [-0.05, 0) is 0 Å². The number of thiazole rings is 1. The van der Waals surface area contributed by atoms with Gasteiger partial charge in [0, 0.05) is 19.5 Å². The van der Waals surface area contributed by atoms with Crippen LogP contribution in [-0.2, 0) is 10.0 Å². The van der Waals surface area contributed by atoms with Crippen molar-refractivity contribution in [1.82, 2.24) is 9.29 Å². The number of carboxylic acids is 1. The molecule has 0 bridgehead atoms. The van der Waals surface area contributed by atoms with Gasteiger partial charge in [0.15, 0.2) is 9.90 Å². The second-order valence-corrected chi connectivity index (χ2v) is 6.19. The Labute approximate surface area is 108 Å². The predicted molar refractivity (Wildman–Crippen MR) is 63.7 cm³/mol. The molecule has 98 valence electrons. The highest BCUT2D eigenvalue weighted by molar-refractivity contribution is 7.91. The lowest BCUT2D eigenvalue weighted by atomic mass is 10.5. The van der Waals surface area contributed by atoms with Crippen molar-refractivity contribution in [2.75, 3.05) is 13.1 Å². The summed E-state index contributed by atoms with van der Waals surface area (Å²) in [6.07, 6.45) is 0.0499. The van der Waals surface area contributed by atoms with Crippen molar-refractivity contribution in [1.29, 1.82) is 5.26 Å². The van der Waals surface area contributed by atoms with Crippen molar-refractivity contribution in [3.8, 4) is 6.07 Å². The molecular formula is C9H11N3O4S2. The van der Waals surface area contributed by atoms with Crippen LogP contribution in [0.2, 0.25) is 0 Å². The molecule has 1 aromatic rings. The molecule has 7 nitrogen and oxygen atoms in total. The molecule has 0 fully saturated rings. The molecule has 18 heavy (non-hydrogen) atoms. The van der Waals surface area contributed by atoms with Gasteiger partial charge in [-0.2, -0.15) is 9.57 Å². The van der Waals surface area contributed by atoms with E-state index in [0.29, 0.717) is 0 Å². The highest BCUT2D eigenvalue weighted by Crippen LogP contribution is 2.24. The number of nitriles is 1. The first-order chi connectivity index (χ1) is 8.45. The molecule has 0 saturated carbocycles. The highest BCUT2D eigenvalue weighted by Gasteiger charge is 2.30. The quantitative estimate of drug-likeness (QED) is 0.827. The summed E-state index contributed by atoms with van der Waals surface area (Å²) in [6, 6.07) is 1.85. The summed E-state index contributed by atoms with van der Waals surface area (Å²) in [5, 5.41) is 17.3. The lowest BCUT2D eigenvalue weighted by Gasteiger charge is -2.18. The molecule has 0 radical (unpaired) electrons. The largest absolute Gasteiger partial charge is 0.476 e. The van der Waals surface area contributed by atoms with Crippen molar-refractivity contribution in [3.05, 3.63) is 11.2 Å². The van der Waals surface area contributed by atoms with Crippen molar-refractivity contribution < 1.29 is 18.3 Å². The SMILES string of the molecule is CCN(CCC#N)S(=O)(=O)c1scnc1C(=O)O. The summed E-state index contributed by atoms with van der Waals surface area (Å²) in [5.41, 5.74) is 0.699. The van der Waals surface area contributed by atoms with Crippen LogP contribution in [0.3, 0.4) is 0 Å². The number of sulfonamides is 1. The average Bonchev–Trinajstić information content (AvgIpc) is 2.79. The van der Waals surface area contributed by atoms with E-state index in [9.17, 15) is 13.2 Å². The standard InChI is InChI=1S/C9H11N3O4S2/c1-2-12(5-3-4-10)18(15,16)9-7(8(13)14)11-6-17-9/h6H,2-3,5H2,1H3,(H,13,14). The molecule has 0 aromatic carbocycles. The second-order valence-electron chi connectivity index (χ2n) is 3.20. The zero-order valence-corrected chi connectivity index (χ0v) is 11.2.